The molecule has 660 valence electrons. The highest BCUT2D eigenvalue weighted by Gasteiger charge is 2.45. The van der Waals surface area contributed by atoms with Gasteiger partial charge >= 0.3 is 17.9 Å². The number of likely N-dealkylation sites (tertiary alicyclic amines) is 1. The third kappa shape index (κ3) is 24.9. The number of benzene rings is 6. The van der Waals surface area contributed by atoms with Crippen molar-refractivity contribution in [2.24, 2.45) is 53.3 Å². The topological polar surface area (TPSA) is 286 Å². The van der Waals surface area contributed by atoms with E-state index in [0.717, 1.165) is 88.7 Å². The number of Topliss-reactive ketones (excluding diaryl/α,β-unsaturated/α-hetero) is 1. The van der Waals surface area contributed by atoms with Gasteiger partial charge in [-0.25, -0.2) is 0 Å². The maximum absolute atomic E-state index is 14.4. The Balaban J connectivity index is 0.000000253. The van der Waals surface area contributed by atoms with Gasteiger partial charge in [0, 0.05) is 79.3 Å². The number of aliphatic carboxylic acids is 1. The first-order chi connectivity index (χ1) is 57.9. The first-order valence-electron chi connectivity index (χ1n) is 43.7. The molecule has 2 aliphatic heterocycles. The number of nitrogens with one attached hydrogen (secondary N) is 2. The molecule has 22 heteroatoms. The van der Waals surface area contributed by atoms with Gasteiger partial charge in [-0.05, 0) is 124 Å². The van der Waals surface area contributed by atoms with Crippen LogP contribution >= 0.6 is 0 Å². The smallest absolute Gasteiger partial charge is 0.306 e. The molecule has 4 amide bonds. The number of aliphatic hydroxyl groups is 2. The molecule has 0 bridgehead atoms. The first kappa shape index (κ1) is 97.4. The van der Waals surface area contributed by atoms with Crippen molar-refractivity contribution in [1.29, 1.82) is 0 Å². The predicted molar refractivity (Wildman–Crippen MR) is 471 cm³/mol. The second-order valence-electron chi connectivity index (χ2n) is 34.6. The Hall–Kier alpha value is -9.00. The largest absolute Gasteiger partial charge is 0.481 e. The Labute approximate surface area is 718 Å². The lowest BCUT2D eigenvalue weighted by molar-refractivity contribution is -0.153. The molecule has 2 aliphatic carbocycles. The van der Waals surface area contributed by atoms with Crippen molar-refractivity contribution in [3.8, 4) is 22.3 Å². The van der Waals surface area contributed by atoms with Crippen molar-refractivity contribution < 1.29 is 82.1 Å². The molecule has 18 atom stereocenters. The molecule has 5 N–H and O–H groups in total. The summed E-state index contributed by atoms with van der Waals surface area (Å²) in [6.07, 6.45) is 1.71. The van der Waals surface area contributed by atoms with Gasteiger partial charge in [-0.1, -0.05) is 247 Å². The molecule has 0 spiro atoms. The number of hydrogen-bond donors (Lipinski definition) is 5. The van der Waals surface area contributed by atoms with Crippen LogP contribution in [0, 0.1) is 53.3 Å². The molecule has 6 aromatic rings. The molecule has 0 saturated carbocycles. The van der Waals surface area contributed by atoms with Crippen molar-refractivity contribution in [3.63, 3.8) is 0 Å². The predicted octanol–water partition coefficient (Wildman–Crippen LogP) is 15.2. The van der Waals surface area contributed by atoms with E-state index in [1.165, 1.54) is 7.11 Å². The molecule has 2 saturated heterocycles. The second kappa shape index (κ2) is 47.0. The van der Waals surface area contributed by atoms with Gasteiger partial charge in [-0.15, -0.1) is 0 Å². The second-order valence-corrected chi connectivity index (χ2v) is 34.6. The molecule has 10 rings (SSSR count). The first-order valence-corrected chi connectivity index (χ1v) is 43.7. The van der Waals surface area contributed by atoms with E-state index in [1.807, 2.05) is 172 Å². The molecular weight excluding hydrogens is 1530 g/mol. The lowest BCUT2D eigenvalue weighted by atomic mass is 9.85. The van der Waals surface area contributed by atoms with Crippen molar-refractivity contribution in [2.45, 2.75) is 232 Å². The third-order valence-electron chi connectivity index (χ3n) is 26.1. The molecule has 2 fully saturated rings. The normalized spacial score (nSPS) is 18.8. The summed E-state index contributed by atoms with van der Waals surface area (Å²) in [4.78, 5) is 112. The van der Waals surface area contributed by atoms with Crippen LogP contribution in [0.5, 0.6) is 0 Å². The Morgan fingerprint density at radius 3 is 1.26 bits per heavy atom. The number of esters is 2. The lowest BCUT2D eigenvalue weighted by Crippen LogP contribution is -2.54. The maximum Gasteiger partial charge on any atom is 0.306 e. The summed E-state index contributed by atoms with van der Waals surface area (Å²) >= 11 is 0. The number of fused-ring (bicyclic) bond motifs is 6. The molecule has 22 nitrogen and oxygen atoms in total. The van der Waals surface area contributed by atoms with Crippen molar-refractivity contribution in [3.05, 3.63) is 191 Å². The number of carboxylic acid groups (broad SMARTS) is 1. The van der Waals surface area contributed by atoms with Gasteiger partial charge in [-0.3, -0.25) is 38.4 Å². The van der Waals surface area contributed by atoms with Gasteiger partial charge < -0.3 is 69.1 Å². The Morgan fingerprint density at radius 2 is 0.884 bits per heavy atom. The number of carbonyl (C=O) groups is 8. The van der Waals surface area contributed by atoms with Crippen LogP contribution in [-0.2, 0) is 66.8 Å². The van der Waals surface area contributed by atoms with Crippen LogP contribution in [-0.4, -0.2) is 201 Å². The maximum atomic E-state index is 14.4. The lowest BCUT2D eigenvalue weighted by Gasteiger charge is -2.40. The third-order valence-corrected chi connectivity index (χ3v) is 26.1. The van der Waals surface area contributed by atoms with Gasteiger partial charge in [0.2, 0.25) is 23.6 Å². The van der Waals surface area contributed by atoms with E-state index < -0.39 is 84.3 Å². The zero-order valence-corrected chi connectivity index (χ0v) is 74.7. The number of rotatable bonds is 41. The zero-order valence-electron chi connectivity index (χ0n) is 74.7. The monoisotopic (exact) mass is 1670 g/mol. The summed E-state index contributed by atoms with van der Waals surface area (Å²) in [5.74, 6) is -4.99. The summed E-state index contributed by atoms with van der Waals surface area (Å²) in [6, 6.07) is 49.9. The quantitative estimate of drug-likeness (QED) is 0.0223. The van der Waals surface area contributed by atoms with Crippen molar-refractivity contribution in [1.82, 2.24) is 25.3 Å². The molecular formula is C99H137N5O17. The van der Waals surface area contributed by atoms with Crippen molar-refractivity contribution >= 4 is 47.3 Å². The van der Waals surface area contributed by atoms with Crippen LogP contribution in [0.2, 0.25) is 0 Å². The highest BCUT2D eigenvalue weighted by Crippen LogP contribution is 2.47. The number of methoxy groups -OCH3 is 4. The standard InChI is InChI=1S/C49H67N3O8.C31H41NO6.C19H29NO3/c1-10-31(4)45(51(7)49(57)39(30(2)3)27-44(54)60-29-40-37-23-16-14-21-35(37)36-22-15-17-24-38(36)40)42(58-8)28-43(53)52-26-18-25-41(52)47(59-9)32(5)48(56)50-33(6)46(55)34-19-12-11-13-20-34;1-7-20(4)30(27(37-6)17-28(33)34)32(5)31(36)25(19(2)3)16-29(35)38-18-26-23-14-10-8-12-21(23)22-13-9-11-15-24(22)26;1-13(18(22)15-8-5-4-6-9-15)12-17(21)14(2)19(23-3)16-10-7-11-20-16/h11-17,19-24,30-33,39-42,45-47,55H,10,18,25-29H2,1-9H3,(H,50,56);8-15,19-20,25-27,30H,7,16-18H2,1-6H3,(H,33,34);4-6,8-9,13-14,16,18-20,22H,7,10-12H2,1-3H3/t31-,32+,33+,39-,41-,42+,45-,46+,47+;20-,25-,27+,30-;13-,14-,16-,18+,19+/m000/s1. The number of amides is 4. The fraction of sp³-hybridized carbons (Fsp3) is 0.556. The highest BCUT2D eigenvalue weighted by atomic mass is 16.5. The molecule has 6 aromatic carbocycles. The Bertz CT molecular complexity index is 4220. The Kier molecular flexibility index (Phi) is 37.9. The number of aliphatic hydroxyl groups excluding tert-OH is 2. The van der Waals surface area contributed by atoms with Crippen LogP contribution in [0.25, 0.3) is 22.3 Å². The molecule has 0 aromatic heterocycles. The highest BCUT2D eigenvalue weighted by molar-refractivity contribution is 5.87. The summed E-state index contributed by atoms with van der Waals surface area (Å²) in [5, 5.41) is 37.1. The van der Waals surface area contributed by atoms with E-state index in [2.05, 4.69) is 66.1 Å². The summed E-state index contributed by atoms with van der Waals surface area (Å²) in [7, 11) is 9.70. The SMILES string of the molecule is CC[C@H](C)[C@@H]([C@@H](CC(=O)N1CCC[C@H]1[C@H](OC)[C@@H](C)C(=O)N[C@H](C)[C@@H](O)c1ccccc1)OC)N(C)C(=O)[C@@H](CC(=O)OCC1c2ccccc2-c2ccccc21)C(C)C.CC[C@H](C)[C@@H]([C@@H](CC(=O)O)OC)N(C)C(=O)[C@@H](CC(=O)OCC1c2ccccc2-c2ccccc21)C(C)C.CO[C@@H]([C@@H]1CCCN1)[C@@H](C)C(=O)C[C@H](C)[C@@H](O)c1ccccc1. The minimum Gasteiger partial charge on any atom is -0.481 e. The number of likely N-dealkylation sites (N-methyl/N-ethyl adjacent to an activating group) is 2. The van der Waals surface area contributed by atoms with E-state index in [9.17, 15) is 53.7 Å². The van der Waals surface area contributed by atoms with Crippen LogP contribution in [0.1, 0.15) is 211 Å². The molecule has 0 unspecified atom stereocenters. The Morgan fingerprint density at radius 1 is 0.479 bits per heavy atom. The number of nitrogens with zero attached hydrogens (tertiary/aromatic N) is 3. The van der Waals surface area contributed by atoms with Gasteiger partial charge in [0.25, 0.3) is 0 Å². The summed E-state index contributed by atoms with van der Waals surface area (Å²) in [6.45, 7) is 25.1. The molecule has 0 radical (unpaired) electrons. The number of ketones is 1. The van der Waals surface area contributed by atoms with Gasteiger partial charge in [0.1, 0.15) is 19.0 Å². The fourth-order valence-corrected chi connectivity index (χ4v) is 18.5. The van der Waals surface area contributed by atoms with Gasteiger partial charge in [0.05, 0.1) is 104 Å². The van der Waals surface area contributed by atoms with Crippen LogP contribution in [0.4, 0.5) is 0 Å². The van der Waals surface area contributed by atoms with Gasteiger partial charge in [0.15, 0.2) is 0 Å². The van der Waals surface area contributed by atoms with E-state index in [0.29, 0.717) is 24.9 Å². The number of carbonyl (C=O) groups excluding carboxylic acids is 7. The van der Waals surface area contributed by atoms with E-state index in [4.69, 9.17) is 28.4 Å². The fourth-order valence-electron chi connectivity index (χ4n) is 18.5. The minimum absolute atomic E-state index is 0.00974. The van der Waals surface area contributed by atoms with E-state index >= 15 is 0 Å². The van der Waals surface area contributed by atoms with Crippen LogP contribution in [0.15, 0.2) is 158 Å². The minimum atomic E-state index is -0.981. The molecule has 4 aliphatic rings. The van der Waals surface area contributed by atoms with Crippen LogP contribution in [0.3, 0.4) is 0 Å². The van der Waals surface area contributed by atoms with E-state index in [1.54, 1.807) is 64.0 Å². The number of carboxylic acids is 1. The van der Waals surface area contributed by atoms with Crippen molar-refractivity contribution in [2.75, 3.05) is 68.8 Å². The number of ether oxygens (including phenoxy) is 6. The average molecular weight is 1670 g/mol. The van der Waals surface area contributed by atoms with E-state index in [-0.39, 0.29) is 134 Å². The number of hydrogen-bond acceptors (Lipinski definition) is 17. The van der Waals surface area contributed by atoms with Gasteiger partial charge in [-0.2, -0.15) is 0 Å². The molecule has 121 heavy (non-hydrogen) atoms. The summed E-state index contributed by atoms with van der Waals surface area (Å²) in [5.41, 5.74) is 10.7. The molecule has 2 heterocycles. The zero-order chi connectivity index (χ0) is 88.5. The average Bonchev–Trinajstić information content (AvgIpc) is 1.62. The van der Waals surface area contributed by atoms with Crippen LogP contribution < -0.4 is 10.6 Å². The summed E-state index contributed by atoms with van der Waals surface area (Å²) < 4.78 is 34.9.